The van der Waals surface area contributed by atoms with E-state index in [1.165, 1.54) is 0 Å². The molecule has 6 N–H and O–H groups in total. The number of hydrogen-bond acceptors (Lipinski definition) is 8. The number of primary amides is 1. The summed E-state index contributed by atoms with van der Waals surface area (Å²) in [4.78, 5) is 37.2. The van der Waals surface area contributed by atoms with Gasteiger partial charge in [0.05, 0.1) is 34.7 Å². The van der Waals surface area contributed by atoms with E-state index in [2.05, 4.69) is 24.5 Å². The Morgan fingerprint density at radius 2 is 1.92 bits per heavy atom. The maximum atomic E-state index is 12.8. The molecule has 10 heteroatoms. The lowest BCUT2D eigenvalue weighted by molar-refractivity contribution is -0.149. The molecule has 0 bridgehead atoms. The number of ether oxygens (including phenoxy) is 1. The van der Waals surface area contributed by atoms with Gasteiger partial charge in [-0.2, -0.15) is 5.10 Å². The van der Waals surface area contributed by atoms with Crippen molar-refractivity contribution < 1.29 is 19.1 Å². The van der Waals surface area contributed by atoms with Crippen LogP contribution in [0.2, 0.25) is 0 Å². The summed E-state index contributed by atoms with van der Waals surface area (Å²) in [7, 11) is 0. The number of nitrogens with two attached hydrogens (primary N) is 2. The summed E-state index contributed by atoms with van der Waals surface area (Å²) in [5, 5.41) is 11.2. The fourth-order valence-electron chi connectivity index (χ4n) is 5.54. The van der Waals surface area contributed by atoms with Crippen molar-refractivity contribution in [3.63, 3.8) is 0 Å². The van der Waals surface area contributed by atoms with Gasteiger partial charge in [0.25, 0.3) is 5.91 Å². The Labute approximate surface area is 223 Å². The molecule has 0 atom stereocenters. The maximum Gasteiger partial charge on any atom is 0.320 e. The molecule has 1 aromatic carbocycles. The van der Waals surface area contributed by atoms with E-state index in [9.17, 15) is 14.4 Å². The zero-order chi connectivity index (χ0) is 27.4. The third-order valence-corrected chi connectivity index (χ3v) is 7.39. The molecular weight excluding hydrogens is 484 g/mol. The van der Waals surface area contributed by atoms with E-state index in [-0.39, 0.29) is 35.9 Å². The summed E-state index contributed by atoms with van der Waals surface area (Å²) in [5.74, 6) is -0.642. The average molecular weight is 525 g/mol. The van der Waals surface area contributed by atoms with E-state index in [0.717, 1.165) is 55.6 Å². The molecule has 0 saturated heterocycles. The highest BCUT2D eigenvalue weighted by Crippen LogP contribution is 2.37. The SMILES string of the molecule is Cc1nn(-c2ccc(C(N)=O)c(N[C@H]3CC[C@H](OC(=O)CNCCCN)CC3)c2)c2c1C(=O)CC(C)(C)C2. The van der Waals surface area contributed by atoms with Gasteiger partial charge in [0, 0.05) is 18.2 Å². The summed E-state index contributed by atoms with van der Waals surface area (Å²) >= 11 is 0. The molecule has 2 aromatic rings. The quantitative estimate of drug-likeness (QED) is 0.273. The minimum Gasteiger partial charge on any atom is -0.461 e. The number of amides is 1. The van der Waals surface area contributed by atoms with Crippen molar-refractivity contribution in [1.82, 2.24) is 15.1 Å². The Kier molecular flexibility index (Phi) is 8.52. The fourth-order valence-corrected chi connectivity index (χ4v) is 5.54. The smallest absolute Gasteiger partial charge is 0.320 e. The topological polar surface area (TPSA) is 154 Å². The number of carbonyl (C=O) groups excluding carboxylic acids is 3. The van der Waals surface area contributed by atoms with Crippen molar-refractivity contribution in [3.05, 3.63) is 40.7 Å². The Hall–Kier alpha value is -3.24. The predicted molar refractivity (Wildman–Crippen MR) is 146 cm³/mol. The third kappa shape index (κ3) is 6.42. The highest BCUT2D eigenvalue weighted by Gasteiger charge is 2.36. The van der Waals surface area contributed by atoms with E-state index < -0.39 is 5.91 Å². The molecule has 1 saturated carbocycles. The molecule has 0 aliphatic heterocycles. The van der Waals surface area contributed by atoms with Gasteiger partial charge in [-0.15, -0.1) is 0 Å². The van der Waals surface area contributed by atoms with Gasteiger partial charge < -0.3 is 26.8 Å². The van der Waals surface area contributed by atoms with Crippen LogP contribution in [0.25, 0.3) is 5.69 Å². The van der Waals surface area contributed by atoms with E-state index in [4.69, 9.17) is 21.3 Å². The zero-order valence-electron chi connectivity index (χ0n) is 22.6. The molecule has 38 heavy (non-hydrogen) atoms. The second kappa shape index (κ2) is 11.7. The number of nitrogens with one attached hydrogen (secondary N) is 2. The molecule has 0 radical (unpaired) electrons. The van der Waals surface area contributed by atoms with Crippen molar-refractivity contribution in [2.45, 2.75) is 77.9 Å². The lowest BCUT2D eigenvalue weighted by Crippen LogP contribution is -2.34. The standard InChI is InChI=1S/C28H40N6O4/c1-17-26-23(14-28(2,3)15-24(26)35)34(33-17)19-7-10-21(27(30)37)22(13-19)32-18-5-8-20(9-6-18)38-25(36)16-31-12-4-11-29/h7,10,13,18,20,31-32H,4-6,8-9,11-12,14-16,29H2,1-3H3,(H2,30,37)/t18-,20-. The number of ketones is 1. The van der Waals surface area contributed by atoms with Gasteiger partial charge in [0.1, 0.15) is 6.10 Å². The molecular formula is C28H40N6O4. The summed E-state index contributed by atoms with van der Waals surface area (Å²) < 4.78 is 7.45. The molecule has 1 amide bonds. The second-order valence-electron chi connectivity index (χ2n) is 11.3. The van der Waals surface area contributed by atoms with Crippen LogP contribution in [-0.2, 0) is 16.0 Å². The summed E-state index contributed by atoms with van der Waals surface area (Å²) in [5.41, 5.74) is 15.2. The van der Waals surface area contributed by atoms with Crippen molar-refractivity contribution in [3.8, 4) is 5.69 Å². The van der Waals surface area contributed by atoms with E-state index in [1.54, 1.807) is 6.07 Å². The number of nitrogens with zero attached hydrogens (tertiary/aromatic N) is 2. The number of aryl methyl sites for hydroxylation is 1. The first-order chi connectivity index (χ1) is 18.1. The third-order valence-electron chi connectivity index (χ3n) is 7.39. The fraction of sp³-hybridized carbons (Fsp3) is 0.571. The Morgan fingerprint density at radius 3 is 2.61 bits per heavy atom. The zero-order valence-corrected chi connectivity index (χ0v) is 22.6. The Morgan fingerprint density at radius 1 is 1.18 bits per heavy atom. The van der Waals surface area contributed by atoms with Gasteiger partial charge in [-0.25, -0.2) is 4.68 Å². The summed E-state index contributed by atoms with van der Waals surface area (Å²) in [6.45, 7) is 7.52. The van der Waals surface area contributed by atoms with Crippen LogP contribution >= 0.6 is 0 Å². The van der Waals surface area contributed by atoms with E-state index in [1.807, 2.05) is 23.7 Å². The number of esters is 1. The first-order valence-electron chi connectivity index (χ1n) is 13.5. The molecule has 2 aliphatic carbocycles. The number of hydrogen-bond donors (Lipinski definition) is 4. The normalized spacial score (nSPS) is 20.6. The number of Topliss-reactive ketones (excluding diaryl/α,β-unsaturated/α-hetero) is 1. The number of carbonyl (C=O) groups is 3. The van der Waals surface area contributed by atoms with Gasteiger partial charge in [-0.1, -0.05) is 13.8 Å². The second-order valence-corrected chi connectivity index (χ2v) is 11.3. The van der Waals surface area contributed by atoms with Crippen LogP contribution in [-0.4, -0.2) is 59.2 Å². The van der Waals surface area contributed by atoms with Gasteiger partial charge in [-0.3, -0.25) is 14.4 Å². The highest BCUT2D eigenvalue weighted by molar-refractivity contribution is 6.00. The average Bonchev–Trinajstić information content (AvgIpc) is 3.18. The predicted octanol–water partition coefficient (Wildman–Crippen LogP) is 2.64. The Bertz CT molecular complexity index is 1200. The number of rotatable bonds is 10. The van der Waals surface area contributed by atoms with Crippen LogP contribution in [0.5, 0.6) is 0 Å². The molecule has 1 aromatic heterocycles. The maximum absolute atomic E-state index is 12.8. The van der Waals surface area contributed by atoms with Crippen LogP contribution in [0.3, 0.4) is 0 Å². The minimum atomic E-state index is -0.515. The molecule has 4 rings (SSSR count). The van der Waals surface area contributed by atoms with E-state index in [0.29, 0.717) is 36.3 Å². The largest absolute Gasteiger partial charge is 0.461 e. The van der Waals surface area contributed by atoms with Crippen LogP contribution in [0, 0.1) is 12.3 Å². The highest BCUT2D eigenvalue weighted by atomic mass is 16.5. The molecule has 0 unspecified atom stereocenters. The van der Waals surface area contributed by atoms with Crippen LogP contribution < -0.4 is 22.1 Å². The summed E-state index contributed by atoms with van der Waals surface area (Å²) in [6.07, 6.45) is 5.00. The first-order valence-corrected chi connectivity index (χ1v) is 13.5. The molecule has 1 heterocycles. The molecule has 206 valence electrons. The van der Waals surface area contributed by atoms with Crippen LogP contribution in [0.1, 0.15) is 84.5 Å². The monoisotopic (exact) mass is 524 g/mol. The molecule has 0 spiro atoms. The van der Waals surface area contributed by atoms with Crippen LogP contribution in [0.4, 0.5) is 5.69 Å². The van der Waals surface area contributed by atoms with Gasteiger partial charge in [0.15, 0.2) is 5.78 Å². The van der Waals surface area contributed by atoms with Gasteiger partial charge in [0.2, 0.25) is 0 Å². The number of benzene rings is 1. The Balaban J connectivity index is 1.46. The van der Waals surface area contributed by atoms with Crippen molar-refractivity contribution in [1.29, 1.82) is 0 Å². The van der Waals surface area contributed by atoms with Crippen LogP contribution in [0.15, 0.2) is 18.2 Å². The van der Waals surface area contributed by atoms with Gasteiger partial charge >= 0.3 is 5.97 Å². The minimum absolute atomic E-state index is 0.106. The molecule has 10 nitrogen and oxygen atoms in total. The van der Waals surface area contributed by atoms with Crippen molar-refractivity contribution >= 4 is 23.3 Å². The number of anilines is 1. The number of aromatic nitrogens is 2. The molecule has 1 fully saturated rings. The summed E-state index contributed by atoms with van der Waals surface area (Å²) in [6, 6.07) is 5.53. The first kappa shape index (κ1) is 27.8. The van der Waals surface area contributed by atoms with Crippen molar-refractivity contribution in [2.75, 3.05) is 25.0 Å². The lowest BCUT2D eigenvalue weighted by Gasteiger charge is -2.30. The van der Waals surface area contributed by atoms with Gasteiger partial charge in [-0.05, 0) is 82.2 Å². The number of fused-ring (bicyclic) bond motifs is 1. The lowest BCUT2D eigenvalue weighted by atomic mass is 9.75. The van der Waals surface area contributed by atoms with Crippen molar-refractivity contribution in [2.24, 2.45) is 16.9 Å². The molecule has 2 aliphatic rings. The van der Waals surface area contributed by atoms with E-state index >= 15 is 0 Å².